The summed E-state index contributed by atoms with van der Waals surface area (Å²) in [4.78, 5) is 0. The Kier molecular flexibility index (Phi) is 5.81. The molecule has 0 radical (unpaired) electrons. The van der Waals surface area contributed by atoms with E-state index in [1.54, 1.807) is 18.2 Å². The van der Waals surface area contributed by atoms with Crippen LogP contribution in [-0.4, -0.2) is 6.54 Å². The lowest BCUT2D eigenvalue weighted by Crippen LogP contribution is -2.24. The first kappa shape index (κ1) is 15.7. The Morgan fingerprint density at radius 2 is 1.90 bits per heavy atom. The molecule has 0 aromatic heterocycles. The van der Waals surface area contributed by atoms with Crippen LogP contribution >= 0.6 is 34.2 Å². The number of nitrogens with one attached hydrogen (secondary N) is 1. The number of rotatable bonds is 5. The van der Waals surface area contributed by atoms with Crippen LogP contribution in [0.5, 0.6) is 0 Å². The van der Waals surface area contributed by atoms with Gasteiger partial charge < -0.3 is 5.32 Å². The van der Waals surface area contributed by atoms with Crippen LogP contribution in [0.3, 0.4) is 0 Å². The highest BCUT2D eigenvalue weighted by molar-refractivity contribution is 14.1. The van der Waals surface area contributed by atoms with Crippen LogP contribution in [0.1, 0.15) is 24.1 Å². The first-order valence-corrected chi connectivity index (χ1v) is 7.99. The van der Waals surface area contributed by atoms with E-state index in [1.807, 2.05) is 6.92 Å². The van der Waals surface area contributed by atoms with Gasteiger partial charge in [-0.05, 0) is 59.3 Å². The predicted molar refractivity (Wildman–Crippen MR) is 90.7 cm³/mol. The van der Waals surface area contributed by atoms with E-state index in [2.05, 4.69) is 52.2 Å². The van der Waals surface area contributed by atoms with E-state index in [1.165, 1.54) is 9.13 Å². The van der Waals surface area contributed by atoms with Crippen LogP contribution in [0.25, 0.3) is 0 Å². The molecule has 1 N–H and O–H groups in total. The average Bonchev–Trinajstić information content (AvgIpc) is 2.44. The fourth-order valence-electron chi connectivity index (χ4n) is 2.18. The van der Waals surface area contributed by atoms with Crippen molar-refractivity contribution in [1.29, 1.82) is 0 Å². The van der Waals surface area contributed by atoms with Crippen molar-refractivity contribution in [2.24, 2.45) is 0 Å². The first-order valence-electron chi connectivity index (χ1n) is 6.53. The van der Waals surface area contributed by atoms with Crippen molar-refractivity contribution in [3.05, 3.63) is 68.0 Å². The van der Waals surface area contributed by atoms with Crippen LogP contribution in [0, 0.1) is 9.39 Å². The Morgan fingerprint density at radius 1 is 1.20 bits per heavy atom. The highest BCUT2D eigenvalue weighted by Gasteiger charge is 2.17. The van der Waals surface area contributed by atoms with Crippen molar-refractivity contribution in [2.45, 2.75) is 19.4 Å². The molecule has 20 heavy (non-hydrogen) atoms. The largest absolute Gasteiger partial charge is 0.310 e. The maximum absolute atomic E-state index is 14.2. The second-order valence-corrected chi connectivity index (χ2v) is 6.24. The van der Waals surface area contributed by atoms with Crippen molar-refractivity contribution < 1.29 is 4.39 Å². The third-order valence-corrected chi connectivity index (χ3v) is 4.17. The number of halogens is 3. The molecule has 0 aliphatic heterocycles. The van der Waals surface area contributed by atoms with Gasteiger partial charge in [-0.3, -0.25) is 0 Å². The molecule has 106 valence electrons. The molecule has 0 fully saturated rings. The monoisotopic (exact) mass is 403 g/mol. The minimum absolute atomic E-state index is 0.0706. The second kappa shape index (κ2) is 7.38. The Labute approximate surface area is 137 Å². The minimum Gasteiger partial charge on any atom is -0.310 e. The van der Waals surface area contributed by atoms with Crippen LogP contribution < -0.4 is 5.32 Å². The fraction of sp³-hybridized carbons (Fsp3) is 0.250. The highest BCUT2D eigenvalue weighted by atomic mass is 127. The first-order chi connectivity index (χ1) is 9.61. The molecule has 0 bridgehead atoms. The summed E-state index contributed by atoms with van der Waals surface area (Å²) < 4.78 is 15.4. The Balaban J connectivity index is 2.26. The molecule has 2 aromatic rings. The topological polar surface area (TPSA) is 12.0 Å². The Morgan fingerprint density at radius 3 is 2.55 bits per heavy atom. The number of hydrogen-bond acceptors (Lipinski definition) is 1. The predicted octanol–water partition coefficient (Wildman–Crippen LogP) is 4.98. The highest BCUT2D eigenvalue weighted by Crippen LogP contribution is 2.26. The van der Waals surface area contributed by atoms with Crippen LogP contribution in [0.2, 0.25) is 5.02 Å². The van der Waals surface area contributed by atoms with Gasteiger partial charge in [-0.15, -0.1) is 0 Å². The SMILES string of the molecule is CCNC(Cc1ccc(I)cc1)c1cccc(Cl)c1F. The van der Waals surface area contributed by atoms with Gasteiger partial charge in [0.05, 0.1) is 5.02 Å². The Bertz CT molecular complexity index is 571. The van der Waals surface area contributed by atoms with E-state index in [-0.39, 0.29) is 16.9 Å². The number of likely N-dealkylation sites (N-methyl/N-ethyl adjacent to an activating group) is 1. The summed E-state index contributed by atoms with van der Waals surface area (Å²) in [6, 6.07) is 13.4. The lowest BCUT2D eigenvalue weighted by molar-refractivity contribution is 0.510. The number of benzene rings is 2. The molecular weight excluding hydrogens is 388 g/mol. The zero-order valence-electron chi connectivity index (χ0n) is 11.2. The quantitative estimate of drug-likeness (QED) is 0.695. The minimum atomic E-state index is -0.328. The van der Waals surface area contributed by atoms with E-state index < -0.39 is 0 Å². The van der Waals surface area contributed by atoms with E-state index in [9.17, 15) is 4.39 Å². The van der Waals surface area contributed by atoms with Gasteiger partial charge in [0.1, 0.15) is 5.82 Å². The molecule has 0 aliphatic carbocycles. The van der Waals surface area contributed by atoms with Gasteiger partial charge in [0.25, 0.3) is 0 Å². The standard InChI is InChI=1S/C16H16ClFIN/c1-2-20-15(10-11-6-8-12(19)9-7-11)13-4-3-5-14(17)16(13)18/h3-9,15,20H,2,10H2,1H3. The van der Waals surface area contributed by atoms with Crippen LogP contribution in [-0.2, 0) is 6.42 Å². The fourth-order valence-corrected chi connectivity index (χ4v) is 2.73. The second-order valence-electron chi connectivity index (χ2n) is 4.58. The summed E-state index contributed by atoms with van der Waals surface area (Å²) in [5.74, 6) is -0.328. The summed E-state index contributed by atoms with van der Waals surface area (Å²) >= 11 is 8.15. The molecule has 0 amide bonds. The van der Waals surface area contributed by atoms with Crippen LogP contribution in [0.15, 0.2) is 42.5 Å². The molecular formula is C16H16ClFIN. The van der Waals surface area contributed by atoms with Crippen molar-refractivity contribution in [3.8, 4) is 0 Å². The van der Waals surface area contributed by atoms with E-state index >= 15 is 0 Å². The summed E-state index contributed by atoms with van der Waals surface area (Å²) in [6.07, 6.45) is 0.738. The molecule has 1 atom stereocenters. The average molecular weight is 404 g/mol. The lowest BCUT2D eigenvalue weighted by Gasteiger charge is -2.19. The van der Waals surface area contributed by atoms with Gasteiger partial charge in [0, 0.05) is 15.2 Å². The third-order valence-electron chi connectivity index (χ3n) is 3.16. The summed E-state index contributed by atoms with van der Waals surface area (Å²) in [5.41, 5.74) is 1.80. The zero-order valence-corrected chi connectivity index (χ0v) is 14.1. The number of hydrogen-bond donors (Lipinski definition) is 1. The molecule has 4 heteroatoms. The third kappa shape index (κ3) is 3.93. The van der Waals surface area contributed by atoms with Gasteiger partial charge in [-0.1, -0.05) is 42.8 Å². The summed E-state index contributed by atoms with van der Waals surface area (Å²) in [6.45, 7) is 2.80. The van der Waals surface area contributed by atoms with Crippen molar-refractivity contribution >= 4 is 34.2 Å². The zero-order chi connectivity index (χ0) is 14.5. The molecule has 0 heterocycles. The summed E-state index contributed by atoms with van der Waals surface area (Å²) in [5, 5.41) is 3.50. The summed E-state index contributed by atoms with van der Waals surface area (Å²) in [7, 11) is 0. The van der Waals surface area contributed by atoms with Crippen molar-refractivity contribution in [3.63, 3.8) is 0 Å². The molecule has 2 rings (SSSR count). The van der Waals surface area contributed by atoms with E-state index in [0.717, 1.165) is 13.0 Å². The van der Waals surface area contributed by atoms with Crippen molar-refractivity contribution in [1.82, 2.24) is 5.32 Å². The van der Waals surface area contributed by atoms with Gasteiger partial charge in [-0.25, -0.2) is 4.39 Å². The van der Waals surface area contributed by atoms with Crippen molar-refractivity contribution in [2.75, 3.05) is 6.54 Å². The van der Waals surface area contributed by atoms with Crippen LogP contribution in [0.4, 0.5) is 4.39 Å². The molecule has 1 unspecified atom stereocenters. The van der Waals surface area contributed by atoms with E-state index in [4.69, 9.17) is 11.6 Å². The van der Waals surface area contributed by atoms with E-state index in [0.29, 0.717) is 5.56 Å². The van der Waals surface area contributed by atoms with Gasteiger partial charge in [-0.2, -0.15) is 0 Å². The van der Waals surface area contributed by atoms with Gasteiger partial charge in [0.2, 0.25) is 0 Å². The smallest absolute Gasteiger partial charge is 0.146 e. The molecule has 0 spiro atoms. The van der Waals surface area contributed by atoms with Gasteiger partial charge >= 0.3 is 0 Å². The molecule has 0 aliphatic rings. The molecule has 0 saturated carbocycles. The van der Waals surface area contributed by atoms with Gasteiger partial charge in [0.15, 0.2) is 0 Å². The maximum Gasteiger partial charge on any atom is 0.146 e. The Hall–Kier alpha value is -0.650. The molecule has 1 nitrogen and oxygen atoms in total. The maximum atomic E-state index is 14.2. The molecule has 0 saturated heterocycles. The normalized spacial score (nSPS) is 12.4. The lowest BCUT2D eigenvalue weighted by atomic mass is 9.98. The molecule has 2 aromatic carbocycles.